The normalized spacial score (nSPS) is 13.3. The van der Waals surface area contributed by atoms with Crippen molar-refractivity contribution in [1.82, 2.24) is 4.98 Å². The zero-order valence-electron chi connectivity index (χ0n) is 15.4. The zero-order chi connectivity index (χ0) is 18.7. The summed E-state index contributed by atoms with van der Waals surface area (Å²) in [6.07, 6.45) is 1.56. The van der Waals surface area contributed by atoms with Gasteiger partial charge >= 0.3 is 0 Å². The summed E-state index contributed by atoms with van der Waals surface area (Å²) in [5, 5.41) is 3.43. The minimum atomic E-state index is -3.44. The van der Waals surface area contributed by atoms with E-state index in [9.17, 15) is 8.42 Å². The van der Waals surface area contributed by atoms with Crippen LogP contribution < -0.4 is 10.1 Å². The van der Waals surface area contributed by atoms with Crippen molar-refractivity contribution in [2.45, 2.75) is 50.4 Å². The average molecular weight is 362 g/mol. The second kappa shape index (κ2) is 7.44. The lowest BCUT2D eigenvalue weighted by atomic mass is 10.1. The van der Waals surface area contributed by atoms with Crippen molar-refractivity contribution >= 4 is 15.5 Å². The van der Waals surface area contributed by atoms with Crippen molar-refractivity contribution in [1.29, 1.82) is 0 Å². The van der Waals surface area contributed by atoms with E-state index in [1.807, 2.05) is 38.1 Å². The van der Waals surface area contributed by atoms with Crippen LogP contribution in [0.5, 0.6) is 5.75 Å². The molecule has 1 heterocycles. The molecule has 0 aliphatic rings. The lowest BCUT2D eigenvalue weighted by molar-refractivity contribution is 0.340. The van der Waals surface area contributed by atoms with Gasteiger partial charge in [-0.3, -0.25) is 0 Å². The summed E-state index contributed by atoms with van der Waals surface area (Å²) in [6, 6.07) is 11.2. The molecule has 25 heavy (non-hydrogen) atoms. The topological polar surface area (TPSA) is 68.3 Å². The maximum atomic E-state index is 12.4. The first-order valence-electron chi connectivity index (χ1n) is 8.35. The molecule has 0 bridgehead atoms. The summed E-state index contributed by atoms with van der Waals surface area (Å²) in [6.45, 7) is 9.64. The van der Waals surface area contributed by atoms with E-state index in [4.69, 9.17) is 4.74 Å². The van der Waals surface area contributed by atoms with Crippen LogP contribution in [0.1, 0.15) is 46.2 Å². The van der Waals surface area contributed by atoms with Crippen LogP contribution in [0.15, 0.2) is 47.6 Å². The molecule has 0 fully saturated rings. The molecule has 2 aromatic rings. The van der Waals surface area contributed by atoms with Gasteiger partial charge in [-0.25, -0.2) is 13.4 Å². The predicted molar refractivity (Wildman–Crippen MR) is 101 cm³/mol. The number of ether oxygens (including phenoxy) is 1. The molecule has 6 heteroatoms. The Kier molecular flexibility index (Phi) is 5.72. The van der Waals surface area contributed by atoms with Crippen molar-refractivity contribution in [3.8, 4) is 5.75 Å². The molecular weight excluding hydrogens is 336 g/mol. The van der Waals surface area contributed by atoms with Gasteiger partial charge in [-0.2, -0.15) is 0 Å². The van der Waals surface area contributed by atoms with Gasteiger partial charge in [0, 0.05) is 6.04 Å². The predicted octanol–water partition coefficient (Wildman–Crippen LogP) is 4.23. The van der Waals surface area contributed by atoms with Crippen LogP contribution in [-0.4, -0.2) is 24.8 Å². The highest BCUT2D eigenvalue weighted by Gasteiger charge is 2.31. The molecule has 0 amide bonds. The lowest BCUT2D eigenvalue weighted by Crippen LogP contribution is -2.28. The van der Waals surface area contributed by atoms with E-state index >= 15 is 0 Å². The van der Waals surface area contributed by atoms with E-state index < -0.39 is 14.6 Å². The zero-order valence-corrected chi connectivity index (χ0v) is 16.2. The van der Waals surface area contributed by atoms with Crippen molar-refractivity contribution < 1.29 is 13.2 Å². The van der Waals surface area contributed by atoms with Gasteiger partial charge in [0.05, 0.1) is 23.2 Å². The minimum absolute atomic E-state index is 0.0579. The van der Waals surface area contributed by atoms with Gasteiger partial charge < -0.3 is 10.1 Å². The number of aromatic nitrogens is 1. The Morgan fingerprint density at radius 3 is 2.24 bits per heavy atom. The molecule has 0 saturated heterocycles. The number of nitrogens with one attached hydrogen (secondary N) is 1. The van der Waals surface area contributed by atoms with Gasteiger partial charge in [0.25, 0.3) is 0 Å². The van der Waals surface area contributed by atoms with Gasteiger partial charge in [0.15, 0.2) is 14.9 Å². The summed E-state index contributed by atoms with van der Waals surface area (Å²) >= 11 is 0. The first kappa shape index (κ1) is 19.2. The molecule has 1 aromatic carbocycles. The van der Waals surface area contributed by atoms with Crippen LogP contribution in [0.4, 0.5) is 5.69 Å². The molecule has 136 valence electrons. The number of sulfone groups is 1. The fourth-order valence-corrected chi connectivity index (χ4v) is 3.36. The molecule has 1 atom stereocenters. The van der Waals surface area contributed by atoms with E-state index in [1.54, 1.807) is 39.1 Å². The molecule has 1 aromatic heterocycles. The largest absolute Gasteiger partial charge is 0.494 e. The Morgan fingerprint density at radius 1 is 1.12 bits per heavy atom. The van der Waals surface area contributed by atoms with Crippen LogP contribution in [0.3, 0.4) is 0 Å². The van der Waals surface area contributed by atoms with Crippen molar-refractivity contribution in [3.05, 3.63) is 48.2 Å². The van der Waals surface area contributed by atoms with Gasteiger partial charge in [0.2, 0.25) is 0 Å². The summed E-state index contributed by atoms with van der Waals surface area (Å²) in [5.74, 6) is 0.844. The number of pyridine rings is 1. The van der Waals surface area contributed by atoms with E-state index in [1.165, 1.54) is 0 Å². The lowest BCUT2D eigenvalue weighted by Gasteiger charge is -2.19. The highest BCUT2D eigenvalue weighted by molar-refractivity contribution is 7.92. The average Bonchev–Trinajstić information content (AvgIpc) is 2.55. The molecule has 1 N–H and O–H groups in total. The monoisotopic (exact) mass is 362 g/mol. The Balaban J connectivity index is 2.10. The molecule has 5 nitrogen and oxygen atoms in total. The smallest absolute Gasteiger partial charge is 0.200 e. The molecule has 0 radical (unpaired) electrons. The first-order valence-corrected chi connectivity index (χ1v) is 9.83. The highest BCUT2D eigenvalue weighted by atomic mass is 32.2. The summed E-state index contributed by atoms with van der Waals surface area (Å²) < 4.78 is 29.4. The maximum Gasteiger partial charge on any atom is 0.200 e. The standard InChI is InChI=1S/C19H26N2O3S/c1-6-24-17-10-7-15(8-11-17)14(2)21-16-9-12-18(20-13-16)25(22,23)19(3,4)5/h7-14,21H,6H2,1-5H3. The highest BCUT2D eigenvalue weighted by Crippen LogP contribution is 2.25. The molecule has 0 spiro atoms. The third kappa shape index (κ3) is 4.51. The number of hydrogen-bond donors (Lipinski definition) is 1. The maximum absolute atomic E-state index is 12.4. The van der Waals surface area contributed by atoms with Crippen molar-refractivity contribution in [3.63, 3.8) is 0 Å². The quantitative estimate of drug-likeness (QED) is 0.833. The van der Waals surface area contributed by atoms with E-state index in [-0.39, 0.29) is 11.1 Å². The van der Waals surface area contributed by atoms with E-state index in [0.717, 1.165) is 17.0 Å². The second-order valence-electron chi connectivity index (χ2n) is 6.87. The number of nitrogens with zero attached hydrogens (tertiary/aromatic N) is 1. The van der Waals surface area contributed by atoms with Crippen LogP contribution >= 0.6 is 0 Å². The molecule has 1 unspecified atom stereocenters. The number of rotatable bonds is 6. The van der Waals surface area contributed by atoms with Gasteiger partial charge in [-0.05, 0) is 64.4 Å². The fraction of sp³-hybridized carbons (Fsp3) is 0.421. The van der Waals surface area contributed by atoms with Gasteiger partial charge in [0.1, 0.15) is 5.75 Å². The minimum Gasteiger partial charge on any atom is -0.494 e. The number of hydrogen-bond acceptors (Lipinski definition) is 5. The fourth-order valence-electron chi connectivity index (χ4n) is 2.29. The van der Waals surface area contributed by atoms with Crippen molar-refractivity contribution in [2.75, 3.05) is 11.9 Å². The van der Waals surface area contributed by atoms with E-state index in [2.05, 4.69) is 10.3 Å². The number of benzene rings is 1. The van der Waals surface area contributed by atoms with Crippen molar-refractivity contribution in [2.24, 2.45) is 0 Å². The summed E-state index contributed by atoms with van der Waals surface area (Å²) in [5.41, 5.74) is 1.88. The molecule has 0 aliphatic heterocycles. The third-order valence-electron chi connectivity index (χ3n) is 3.89. The Bertz CT molecular complexity index is 792. The Hall–Kier alpha value is -2.08. The van der Waals surface area contributed by atoms with Crippen LogP contribution in [-0.2, 0) is 9.84 Å². The van der Waals surface area contributed by atoms with Crippen LogP contribution in [0, 0.1) is 0 Å². The van der Waals surface area contributed by atoms with Gasteiger partial charge in [-0.1, -0.05) is 12.1 Å². The molecular formula is C19H26N2O3S. The van der Waals surface area contributed by atoms with Crippen LogP contribution in [0.25, 0.3) is 0 Å². The summed E-state index contributed by atoms with van der Waals surface area (Å²) in [4.78, 5) is 4.13. The first-order chi connectivity index (χ1) is 11.6. The van der Waals surface area contributed by atoms with Crippen LogP contribution in [0.2, 0.25) is 0 Å². The van der Waals surface area contributed by atoms with E-state index in [0.29, 0.717) is 6.61 Å². The SMILES string of the molecule is CCOc1ccc(C(C)Nc2ccc(S(=O)(=O)C(C)(C)C)nc2)cc1. The molecule has 2 rings (SSSR count). The third-order valence-corrected chi connectivity index (χ3v) is 6.30. The Labute approximate surface area is 150 Å². The second-order valence-corrected chi connectivity index (χ2v) is 9.52. The Morgan fingerprint density at radius 2 is 1.76 bits per heavy atom. The molecule has 0 aliphatic carbocycles. The summed E-state index contributed by atoms with van der Waals surface area (Å²) in [7, 11) is -3.44. The molecule has 0 saturated carbocycles. The van der Waals surface area contributed by atoms with Gasteiger partial charge in [-0.15, -0.1) is 0 Å². The number of anilines is 1.